The van der Waals surface area contributed by atoms with E-state index in [4.69, 9.17) is 11.6 Å². The van der Waals surface area contributed by atoms with Gasteiger partial charge in [0, 0.05) is 23.3 Å². The monoisotopic (exact) mass is 252 g/mol. The van der Waals surface area contributed by atoms with Gasteiger partial charge in [0.1, 0.15) is 0 Å². The molecule has 0 saturated heterocycles. The predicted molar refractivity (Wildman–Crippen MR) is 70.4 cm³/mol. The van der Waals surface area contributed by atoms with E-state index in [1.165, 1.54) is 0 Å². The Morgan fingerprint density at radius 2 is 2.06 bits per heavy atom. The Kier molecular flexibility index (Phi) is 3.89. The number of likely N-dealkylation sites (N-methyl/N-ethyl adjacent to an activating group) is 1. The van der Waals surface area contributed by atoms with Crippen molar-refractivity contribution in [2.45, 2.75) is 25.8 Å². The number of carbonyl (C=O) groups excluding carboxylic acids is 1. The van der Waals surface area contributed by atoms with Crippen LogP contribution in [0.3, 0.4) is 0 Å². The minimum absolute atomic E-state index is 0.171. The summed E-state index contributed by atoms with van der Waals surface area (Å²) in [5.74, 6) is 0.171. The summed E-state index contributed by atoms with van der Waals surface area (Å²) in [5, 5.41) is 3.82. The van der Waals surface area contributed by atoms with Gasteiger partial charge < -0.3 is 10.2 Å². The van der Waals surface area contributed by atoms with E-state index in [1.807, 2.05) is 36.1 Å². The maximum absolute atomic E-state index is 11.9. The van der Waals surface area contributed by atoms with E-state index in [0.29, 0.717) is 17.6 Å². The van der Waals surface area contributed by atoms with Gasteiger partial charge in [-0.1, -0.05) is 11.6 Å². The zero-order chi connectivity index (χ0) is 12.3. The molecule has 0 radical (unpaired) electrons. The molecular weight excluding hydrogens is 236 g/mol. The van der Waals surface area contributed by atoms with Crippen LogP contribution < -0.4 is 5.32 Å². The van der Waals surface area contributed by atoms with Gasteiger partial charge in [0.05, 0.1) is 6.54 Å². The lowest BCUT2D eigenvalue weighted by Crippen LogP contribution is -2.37. The largest absolute Gasteiger partial charge is 0.376 e. The minimum Gasteiger partial charge on any atom is -0.376 e. The van der Waals surface area contributed by atoms with Crippen LogP contribution >= 0.6 is 11.6 Å². The number of halogens is 1. The highest BCUT2D eigenvalue weighted by atomic mass is 35.5. The van der Waals surface area contributed by atoms with Crippen molar-refractivity contribution in [3.8, 4) is 0 Å². The van der Waals surface area contributed by atoms with Crippen molar-refractivity contribution in [1.29, 1.82) is 0 Å². The SMILES string of the molecule is CCN(C(=O)CNc1ccc(Cl)cc1)C1CC1. The normalized spacial score (nSPS) is 14.5. The summed E-state index contributed by atoms with van der Waals surface area (Å²) < 4.78 is 0. The molecule has 0 heterocycles. The molecule has 2 rings (SSSR count). The fourth-order valence-corrected chi connectivity index (χ4v) is 2.00. The van der Waals surface area contributed by atoms with Crippen molar-refractivity contribution in [2.75, 3.05) is 18.4 Å². The average Bonchev–Trinajstić information content (AvgIpc) is 3.14. The van der Waals surface area contributed by atoms with Gasteiger partial charge >= 0.3 is 0 Å². The molecule has 0 spiro atoms. The number of nitrogens with one attached hydrogen (secondary N) is 1. The van der Waals surface area contributed by atoms with Crippen molar-refractivity contribution >= 4 is 23.2 Å². The number of rotatable bonds is 5. The van der Waals surface area contributed by atoms with Crippen LogP contribution in [0.25, 0.3) is 0 Å². The van der Waals surface area contributed by atoms with Gasteiger partial charge in [-0.2, -0.15) is 0 Å². The third-order valence-corrected chi connectivity index (χ3v) is 3.19. The van der Waals surface area contributed by atoms with E-state index in [2.05, 4.69) is 5.32 Å². The minimum atomic E-state index is 0.171. The average molecular weight is 253 g/mol. The molecule has 17 heavy (non-hydrogen) atoms. The molecule has 1 N–H and O–H groups in total. The topological polar surface area (TPSA) is 32.3 Å². The maximum Gasteiger partial charge on any atom is 0.242 e. The van der Waals surface area contributed by atoms with Crippen molar-refractivity contribution < 1.29 is 4.79 Å². The molecule has 1 aromatic carbocycles. The first kappa shape index (κ1) is 12.2. The standard InChI is InChI=1S/C13H17ClN2O/c1-2-16(12-7-8-12)13(17)9-15-11-5-3-10(14)4-6-11/h3-6,12,15H,2,7-9H2,1H3. The Labute approximate surface area is 107 Å². The van der Waals surface area contributed by atoms with Gasteiger partial charge in [0.25, 0.3) is 0 Å². The Bertz CT molecular complexity index is 387. The second kappa shape index (κ2) is 5.41. The summed E-state index contributed by atoms with van der Waals surface area (Å²) in [6.45, 7) is 3.18. The van der Waals surface area contributed by atoms with E-state index >= 15 is 0 Å². The van der Waals surface area contributed by atoms with Crippen molar-refractivity contribution in [3.05, 3.63) is 29.3 Å². The van der Waals surface area contributed by atoms with Gasteiger partial charge in [-0.3, -0.25) is 4.79 Å². The highest BCUT2D eigenvalue weighted by molar-refractivity contribution is 6.30. The molecule has 1 aliphatic rings. The van der Waals surface area contributed by atoms with E-state index < -0.39 is 0 Å². The van der Waals surface area contributed by atoms with Crippen LogP contribution in [-0.2, 0) is 4.79 Å². The zero-order valence-corrected chi connectivity index (χ0v) is 10.7. The van der Waals surface area contributed by atoms with Crippen LogP contribution in [0, 0.1) is 0 Å². The number of nitrogens with zero attached hydrogens (tertiary/aromatic N) is 1. The molecule has 92 valence electrons. The van der Waals surface area contributed by atoms with Crippen LogP contribution in [0.2, 0.25) is 5.02 Å². The second-order valence-corrected chi connectivity index (χ2v) is 4.71. The molecule has 3 nitrogen and oxygen atoms in total. The molecule has 1 amide bonds. The van der Waals surface area contributed by atoms with Crippen molar-refractivity contribution in [3.63, 3.8) is 0 Å². The summed E-state index contributed by atoms with van der Waals surface area (Å²) >= 11 is 5.79. The highest BCUT2D eigenvalue weighted by Crippen LogP contribution is 2.26. The van der Waals surface area contributed by atoms with Crippen LogP contribution in [0.4, 0.5) is 5.69 Å². The van der Waals surface area contributed by atoms with Gasteiger partial charge in [-0.25, -0.2) is 0 Å². The Balaban J connectivity index is 1.84. The first-order valence-electron chi connectivity index (χ1n) is 5.99. The van der Waals surface area contributed by atoms with E-state index in [0.717, 1.165) is 25.1 Å². The molecule has 1 fully saturated rings. The number of hydrogen-bond acceptors (Lipinski definition) is 2. The third kappa shape index (κ3) is 3.37. The number of benzene rings is 1. The fraction of sp³-hybridized carbons (Fsp3) is 0.462. The highest BCUT2D eigenvalue weighted by Gasteiger charge is 2.30. The smallest absolute Gasteiger partial charge is 0.242 e. The molecule has 4 heteroatoms. The van der Waals surface area contributed by atoms with E-state index in [9.17, 15) is 4.79 Å². The summed E-state index contributed by atoms with van der Waals surface area (Å²) in [7, 11) is 0. The number of hydrogen-bond donors (Lipinski definition) is 1. The van der Waals surface area contributed by atoms with E-state index in [1.54, 1.807) is 0 Å². The summed E-state index contributed by atoms with van der Waals surface area (Å²) in [5.41, 5.74) is 0.926. The van der Waals surface area contributed by atoms with Crippen LogP contribution in [0.5, 0.6) is 0 Å². The van der Waals surface area contributed by atoms with Crippen LogP contribution in [0.1, 0.15) is 19.8 Å². The molecule has 1 aliphatic carbocycles. The fourth-order valence-electron chi connectivity index (χ4n) is 1.87. The first-order chi connectivity index (χ1) is 8.20. The Hall–Kier alpha value is -1.22. The lowest BCUT2D eigenvalue weighted by molar-refractivity contribution is -0.129. The third-order valence-electron chi connectivity index (χ3n) is 2.94. The predicted octanol–water partition coefficient (Wildman–Crippen LogP) is 2.76. The Morgan fingerprint density at radius 1 is 1.41 bits per heavy atom. The lowest BCUT2D eigenvalue weighted by Gasteiger charge is -2.20. The van der Waals surface area contributed by atoms with Crippen LogP contribution in [0.15, 0.2) is 24.3 Å². The number of carbonyl (C=O) groups is 1. The molecular formula is C13H17ClN2O. The van der Waals surface area contributed by atoms with Gasteiger partial charge in [0.2, 0.25) is 5.91 Å². The van der Waals surface area contributed by atoms with Gasteiger partial charge in [-0.15, -0.1) is 0 Å². The van der Waals surface area contributed by atoms with Crippen molar-refractivity contribution in [2.24, 2.45) is 0 Å². The summed E-state index contributed by atoms with van der Waals surface area (Å²) in [6, 6.07) is 7.87. The molecule has 0 bridgehead atoms. The van der Waals surface area contributed by atoms with Gasteiger partial charge in [-0.05, 0) is 44.0 Å². The van der Waals surface area contributed by atoms with Gasteiger partial charge in [0.15, 0.2) is 0 Å². The summed E-state index contributed by atoms with van der Waals surface area (Å²) in [4.78, 5) is 13.9. The molecule has 0 aliphatic heterocycles. The molecule has 0 unspecified atom stereocenters. The number of amides is 1. The van der Waals surface area contributed by atoms with E-state index in [-0.39, 0.29) is 5.91 Å². The quantitative estimate of drug-likeness (QED) is 0.874. The maximum atomic E-state index is 11.9. The molecule has 1 aromatic rings. The molecule has 0 aromatic heterocycles. The first-order valence-corrected chi connectivity index (χ1v) is 6.37. The van der Waals surface area contributed by atoms with Crippen molar-refractivity contribution in [1.82, 2.24) is 4.90 Å². The number of anilines is 1. The van der Waals surface area contributed by atoms with Crippen LogP contribution in [-0.4, -0.2) is 29.9 Å². The summed E-state index contributed by atoms with van der Waals surface area (Å²) in [6.07, 6.45) is 2.31. The molecule has 0 atom stereocenters. The zero-order valence-electron chi connectivity index (χ0n) is 9.95. The molecule has 1 saturated carbocycles. The lowest BCUT2D eigenvalue weighted by atomic mass is 10.3. The Morgan fingerprint density at radius 3 is 2.59 bits per heavy atom. The second-order valence-electron chi connectivity index (χ2n) is 4.27.